The number of thiazole rings is 1. The molecule has 0 aliphatic heterocycles. The smallest absolute Gasteiger partial charge is 0.170 e. The minimum Gasteiger partial charge on any atom is -0.486 e. The maximum Gasteiger partial charge on any atom is 0.170 e. The van der Waals surface area contributed by atoms with Gasteiger partial charge in [-0.2, -0.15) is 0 Å². The van der Waals surface area contributed by atoms with Gasteiger partial charge in [0.15, 0.2) is 5.78 Å². The Balaban J connectivity index is 1.21. The number of ketones is 2. The van der Waals surface area contributed by atoms with E-state index in [1.807, 2.05) is 5.38 Å². The fourth-order valence-corrected chi connectivity index (χ4v) is 5.28. The zero-order chi connectivity index (χ0) is 19.1. The summed E-state index contributed by atoms with van der Waals surface area (Å²) in [6, 6.07) is 4.11. The van der Waals surface area contributed by atoms with Crippen molar-refractivity contribution >= 4 is 34.5 Å². The third-order valence-corrected chi connectivity index (χ3v) is 6.79. The summed E-state index contributed by atoms with van der Waals surface area (Å²) in [5.74, 6) is 0.00438. The number of benzene rings is 1. The van der Waals surface area contributed by atoms with Crippen LogP contribution in [0.25, 0.3) is 0 Å². The zero-order valence-electron chi connectivity index (χ0n) is 14.7. The van der Waals surface area contributed by atoms with Crippen molar-refractivity contribution in [1.82, 2.24) is 4.98 Å². The molecule has 1 heterocycles. The molecule has 3 fully saturated rings. The van der Waals surface area contributed by atoms with E-state index in [9.17, 15) is 14.0 Å². The van der Waals surface area contributed by atoms with Gasteiger partial charge in [-0.1, -0.05) is 11.6 Å². The average molecular weight is 408 g/mol. The van der Waals surface area contributed by atoms with Crippen LogP contribution in [0.1, 0.15) is 37.1 Å². The van der Waals surface area contributed by atoms with Gasteiger partial charge in [0.1, 0.15) is 24.0 Å². The van der Waals surface area contributed by atoms with Crippen LogP contribution in [-0.2, 0) is 16.0 Å². The highest BCUT2D eigenvalue weighted by molar-refractivity contribution is 7.09. The van der Waals surface area contributed by atoms with Gasteiger partial charge in [0.2, 0.25) is 0 Å². The minimum absolute atomic E-state index is 0.0195. The Morgan fingerprint density at radius 3 is 2.74 bits per heavy atom. The predicted molar refractivity (Wildman–Crippen MR) is 101 cm³/mol. The van der Waals surface area contributed by atoms with Gasteiger partial charge in [0.25, 0.3) is 0 Å². The van der Waals surface area contributed by atoms with E-state index in [4.69, 9.17) is 16.3 Å². The number of hydrogen-bond acceptors (Lipinski definition) is 5. The summed E-state index contributed by atoms with van der Waals surface area (Å²) >= 11 is 7.20. The van der Waals surface area contributed by atoms with E-state index < -0.39 is 5.82 Å². The van der Waals surface area contributed by atoms with Gasteiger partial charge < -0.3 is 4.74 Å². The first kappa shape index (κ1) is 18.6. The topological polar surface area (TPSA) is 56.3 Å². The molecule has 0 N–H and O–H groups in total. The molecule has 3 aliphatic carbocycles. The summed E-state index contributed by atoms with van der Waals surface area (Å²) < 4.78 is 18.8. The van der Waals surface area contributed by atoms with E-state index in [2.05, 4.69) is 4.98 Å². The molecule has 4 nitrogen and oxygen atoms in total. The summed E-state index contributed by atoms with van der Waals surface area (Å²) in [6.07, 6.45) is 5.82. The number of hydrogen-bond donors (Lipinski definition) is 0. The van der Waals surface area contributed by atoms with Crippen LogP contribution in [-0.4, -0.2) is 23.2 Å². The van der Waals surface area contributed by atoms with E-state index >= 15 is 0 Å². The number of halogens is 2. The van der Waals surface area contributed by atoms with Crippen molar-refractivity contribution in [3.8, 4) is 5.75 Å². The fourth-order valence-electron chi connectivity index (χ4n) is 4.54. The molecular weight excluding hydrogens is 389 g/mol. The molecule has 0 amide bonds. The minimum atomic E-state index is -0.570. The summed E-state index contributed by atoms with van der Waals surface area (Å²) in [5, 5.41) is 2.94. The molecule has 0 radical (unpaired) electrons. The van der Waals surface area contributed by atoms with E-state index in [0.717, 1.165) is 24.3 Å². The second-order valence-electron chi connectivity index (χ2n) is 7.74. The van der Waals surface area contributed by atoms with Gasteiger partial charge in [-0.05, 0) is 36.8 Å². The number of carbonyl (C=O) groups excluding carboxylic acids is 2. The first-order valence-corrected chi connectivity index (χ1v) is 10.2. The third kappa shape index (κ3) is 3.65. The Morgan fingerprint density at radius 2 is 2.07 bits per heavy atom. The lowest BCUT2D eigenvalue weighted by atomic mass is 9.33. The number of carbonyl (C=O) groups is 2. The maximum absolute atomic E-state index is 13.4. The van der Waals surface area contributed by atoms with Gasteiger partial charge in [-0.25, -0.2) is 9.37 Å². The number of aromatic nitrogens is 1. The van der Waals surface area contributed by atoms with Crippen LogP contribution in [0, 0.1) is 16.6 Å². The normalized spacial score (nSPS) is 25.4. The molecule has 1 aromatic carbocycles. The Labute approximate surface area is 165 Å². The van der Waals surface area contributed by atoms with Crippen molar-refractivity contribution in [1.29, 1.82) is 0 Å². The summed E-state index contributed by atoms with van der Waals surface area (Å²) in [4.78, 5) is 28.9. The van der Waals surface area contributed by atoms with E-state index in [-0.39, 0.29) is 34.0 Å². The van der Waals surface area contributed by atoms with Crippen molar-refractivity contribution in [2.45, 2.75) is 38.5 Å². The second kappa shape index (κ2) is 6.99. The van der Waals surface area contributed by atoms with Gasteiger partial charge in [0.05, 0.1) is 10.0 Å². The van der Waals surface area contributed by atoms with Crippen LogP contribution in [0.4, 0.5) is 4.39 Å². The highest BCUT2D eigenvalue weighted by Crippen LogP contribution is 2.75. The number of nitrogens with zero attached hydrogens (tertiary/aromatic N) is 1. The van der Waals surface area contributed by atoms with Crippen LogP contribution in [0.5, 0.6) is 5.75 Å². The molecule has 3 aliphatic rings. The van der Waals surface area contributed by atoms with Crippen LogP contribution < -0.4 is 4.74 Å². The van der Waals surface area contributed by atoms with Gasteiger partial charge in [0, 0.05) is 42.3 Å². The lowest BCUT2D eigenvalue weighted by Gasteiger charge is -2.70. The molecule has 2 bridgehead atoms. The molecule has 0 unspecified atom stereocenters. The SMILES string of the molecule is O=C(COc1ccc(Cl)c(F)c1)CC12CC(C(=O)CCc3nccs3)(C1)C2. The zero-order valence-corrected chi connectivity index (χ0v) is 16.2. The summed E-state index contributed by atoms with van der Waals surface area (Å²) in [6.45, 7) is -0.0895. The second-order valence-corrected chi connectivity index (χ2v) is 9.13. The molecule has 2 aromatic rings. The third-order valence-electron chi connectivity index (χ3n) is 5.64. The Kier molecular flexibility index (Phi) is 4.80. The standard InChI is InChI=1S/C20H19ClFNO3S/c21-15-2-1-14(7-16(15)22)26-9-13(24)8-19-10-20(11-19,12-19)17(25)3-4-18-23-5-6-27-18/h1-2,5-7H,3-4,8-12H2. The Morgan fingerprint density at radius 1 is 1.30 bits per heavy atom. The first-order chi connectivity index (χ1) is 12.9. The van der Waals surface area contributed by atoms with Crippen molar-refractivity contribution in [2.75, 3.05) is 6.61 Å². The molecule has 0 spiro atoms. The number of aryl methyl sites for hydroxylation is 1. The summed E-state index contributed by atoms with van der Waals surface area (Å²) in [5.41, 5.74) is -0.222. The highest BCUT2D eigenvalue weighted by atomic mass is 35.5. The van der Waals surface area contributed by atoms with Crippen LogP contribution in [0.15, 0.2) is 29.8 Å². The molecule has 3 saturated carbocycles. The van der Waals surface area contributed by atoms with Crippen LogP contribution in [0.3, 0.4) is 0 Å². The lowest BCUT2D eigenvalue weighted by molar-refractivity contribution is -0.208. The lowest BCUT2D eigenvalue weighted by Crippen LogP contribution is -2.65. The highest BCUT2D eigenvalue weighted by Gasteiger charge is 2.70. The van der Waals surface area contributed by atoms with Crippen molar-refractivity contribution in [2.24, 2.45) is 10.8 Å². The Bertz CT molecular complexity index is 864. The van der Waals surface area contributed by atoms with Crippen LogP contribution in [0.2, 0.25) is 5.02 Å². The monoisotopic (exact) mass is 407 g/mol. The predicted octanol–water partition coefficient (Wildman–Crippen LogP) is 4.65. The maximum atomic E-state index is 13.4. The number of Topliss-reactive ketones (excluding diaryl/α,β-unsaturated/α-hetero) is 2. The molecular formula is C20H19ClFNO3S. The molecule has 142 valence electrons. The van der Waals surface area contributed by atoms with E-state index in [1.54, 1.807) is 17.5 Å². The van der Waals surface area contributed by atoms with Gasteiger partial charge in [-0.15, -0.1) is 11.3 Å². The molecule has 0 atom stereocenters. The molecule has 0 saturated heterocycles. The largest absolute Gasteiger partial charge is 0.486 e. The molecule has 5 rings (SSSR count). The number of rotatable bonds is 9. The average Bonchev–Trinajstić information content (AvgIpc) is 3.09. The van der Waals surface area contributed by atoms with E-state index in [1.165, 1.54) is 18.2 Å². The first-order valence-electron chi connectivity index (χ1n) is 8.91. The van der Waals surface area contributed by atoms with E-state index in [0.29, 0.717) is 25.0 Å². The molecule has 7 heteroatoms. The fraction of sp³-hybridized carbons (Fsp3) is 0.450. The van der Waals surface area contributed by atoms with Gasteiger partial charge in [-0.3, -0.25) is 9.59 Å². The van der Waals surface area contributed by atoms with Crippen LogP contribution >= 0.6 is 22.9 Å². The van der Waals surface area contributed by atoms with Crippen molar-refractivity contribution in [3.63, 3.8) is 0 Å². The Hall–Kier alpha value is -1.79. The molecule has 1 aromatic heterocycles. The van der Waals surface area contributed by atoms with Crippen molar-refractivity contribution < 1.29 is 18.7 Å². The quantitative estimate of drug-likeness (QED) is 0.607. The van der Waals surface area contributed by atoms with Crippen molar-refractivity contribution in [3.05, 3.63) is 45.6 Å². The van der Waals surface area contributed by atoms with Gasteiger partial charge >= 0.3 is 0 Å². The molecule has 27 heavy (non-hydrogen) atoms. The summed E-state index contributed by atoms with van der Waals surface area (Å²) in [7, 11) is 0. The number of ether oxygens (including phenoxy) is 1.